The molecule has 0 atom stereocenters. The molecule has 1 aliphatic carbocycles. The number of hydrogen-bond donors (Lipinski definition) is 1. The summed E-state index contributed by atoms with van der Waals surface area (Å²) < 4.78 is 5.23. The van der Waals surface area contributed by atoms with Gasteiger partial charge in [-0.1, -0.05) is 43.7 Å². The number of rotatable bonds is 4. The van der Waals surface area contributed by atoms with Gasteiger partial charge in [0, 0.05) is 20.0 Å². The standard InChI is InChI=1S/C14H19ClN4O2S/c1-13(2,3)9-10(15)18-12(22-9)19(7-16)8-5-14(6-8,21-4)11(17)20/h8H,5-6H2,1-4H3,(H2,17,20). The lowest BCUT2D eigenvalue weighted by atomic mass is 9.74. The van der Waals surface area contributed by atoms with E-state index in [2.05, 4.69) is 11.2 Å². The molecule has 0 aromatic carbocycles. The van der Waals surface area contributed by atoms with Gasteiger partial charge in [-0.3, -0.25) is 9.69 Å². The zero-order valence-corrected chi connectivity index (χ0v) is 14.6. The van der Waals surface area contributed by atoms with Crippen LogP contribution in [0, 0.1) is 11.5 Å². The average Bonchev–Trinajstić information content (AvgIpc) is 2.74. The third-order valence-electron chi connectivity index (χ3n) is 3.91. The van der Waals surface area contributed by atoms with Crippen LogP contribution in [0.15, 0.2) is 0 Å². The Morgan fingerprint density at radius 2 is 2.18 bits per heavy atom. The van der Waals surface area contributed by atoms with Crippen LogP contribution >= 0.6 is 22.9 Å². The number of carbonyl (C=O) groups excluding carboxylic acids is 1. The fourth-order valence-corrected chi connectivity index (χ4v) is 4.06. The van der Waals surface area contributed by atoms with E-state index < -0.39 is 11.5 Å². The lowest BCUT2D eigenvalue weighted by molar-refractivity contribution is -0.152. The largest absolute Gasteiger partial charge is 0.368 e. The summed E-state index contributed by atoms with van der Waals surface area (Å²) in [5.41, 5.74) is 4.25. The van der Waals surface area contributed by atoms with Crippen molar-refractivity contribution in [2.45, 2.75) is 50.7 Å². The summed E-state index contributed by atoms with van der Waals surface area (Å²) in [6, 6.07) is -0.160. The maximum atomic E-state index is 11.5. The molecule has 1 fully saturated rings. The van der Waals surface area contributed by atoms with Crippen LogP contribution in [0.1, 0.15) is 38.5 Å². The molecule has 1 heterocycles. The number of anilines is 1. The Bertz CT molecular complexity index is 626. The first-order valence-electron chi connectivity index (χ1n) is 6.85. The van der Waals surface area contributed by atoms with E-state index in [1.807, 2.05) is 20.8 Å². The first-order chi connectivity index (χ1) is 10.1. The van der Waals surface area contributed by atoms with Gasteiger partial charge >= 0.3 is 0 Å². The lowest BCUT2D eigenvalue weighted by Gasteiger charge is -2.46. The number of ether oxygens (including phenoxy) is 1. The van der Waals surface area contributed by atoms with E-state index in [0.29, 0.717) is 23.1 Å². The van der Waals surface area contributed by atoms with E-state index >= 15 is 0 Å². The molecule has 1 saturated carbocycles. The number of hydrogen-bond acceptors (Lipinski definition) is 6. The molecule has 0 radical (unpaired) electrons. The van der Waals surface area contributed by atoms with Crippen molar-refractivity contribution in [2.24, 2.45) is 5.73 Å². The normalized spacial score (nSPS) is 24.5. The maximum absolute atomic E-state index is 11.5. The number of thiazole rings is 1. The van der Waals surface area contributed by atoms with Crippen LogP contribution in [0.2, 0.25) is 5.15 Å². The van der Waals surface area contributed by atoms with Crippen LogP contribution in [0.4, 0.5) is 5.13 Å². The van der Waals surface area contributed by atoms with Crippen molar-refractivity contribution in [3.63, 3.8) is 0 Å². The zero-order chi connectivity index (χ0) is 16.7. The highest BCUT2D eigenvalue weighted by atomic mass is 35.5. The molecule has 0 spiro atoms. The van der Waals surface area contributed by atoms with E-state index in [1.54, 1.807) is 0 Å². The number of halogens is 1. The van der Waals surface area contributed by atoms with Crippen LogP contribution in [0.25, 0.3) is 0 Å². The third-order valence-corrected chi connectivity index (χ3v) is 5.77. The molecule has 1 aromatic heterocycles. The molecule has 1 aromatic rings. The minimum atomic E-state index is -0.978. The van der Waals surface area contributed by atoms with E-state index in [0.717, 1.165) is 4.88 Å². The summed E-state index contributed by atoms with van der Waals surface area (Å²) in [5.74, 6) is -0.503. The fourth-order valence-electron chi connectivity index (χ4n) is 2.49. The summed E-state index contributed by atoms with van der Waals surface area (Å²) in [6.07, 6.45) is 2.87. The van der Waals surface area contributed by atoms with Gasteiger partial charge in [-0.2, -0.15) is 5.26 Å². The number of carbonyl (C=O) groups is 1. The van der Waals surface area contributed by atoms with Crippen LogP contribution in [-0.4, -0.2) is 29.6 Å². The Hall–Kier alpha value is -1.36. The van der Waals surface area contributed by atoms with Gasteiger partial charge in [-0.25, -0.2) is 4.98 Å². The highest BCUT2D eigenvalue weighted by Crippen LogP contribution is 2.43. The molecule has 1 amide bonds. The van der Waals surface area contributed by atoms with Gasteiger partial charge in [0.2, 0.25) is 11.0 Å². The van der Waals surface area contributed by atoms with Gasteiger partial charge in [0.25, 0.3) is 0 Å². The second kappa shape index (κ2) is 5.69. The van der Waals surface area contributed by atoms with E-state index in [9.17, 15) is 10.1 Å². The number of methoxy groups -OCH3 is 1. The molecule has 2 rings (SSSR count). The van der Waals surface area contributed by atoms with Crippen molar-refractivity contribution in [1.29, 1.82) is 5.26 Å². The maximum Gasteiger partial charge on any atom is 0.249 e. The van der Waals surface area contributed by atoms with Gasteiger partial charge in [0.05, 0.1) is 10.9 Å². The predicted octanol–water partition coefficient (Wildman–Crippen LogP) is 2.41. The lowest BCUT2D eigenvalue weighted by Crippen LogP contribution is -2.61. The van der Waals surface area contributed by atoms with Crippen molar-refractivity contribution in [3.8, 4) is 6.19 Å². The first kappa shape index (κ1) is 17.0. The molecular weight excluding hydrogens is 324 g/mol. The van der Waals surface area contributed by atoms with Crippen LogP contribution in [0.5, 0.6) is 0 Å². The second-order valence-corrected chi connectivity index (χ2v) is 7.80. The number of nitrogens with zero attached hydrogens (tertiary/aromatic N) is 3. The minimum absolute atomic E-state index is 0.142. The monoisotopic (exact) mass is 342 g/mol. The highest BCUT2D eigenvalue weighted by Gasteiger charge is 2.52. The van der Waals surface area contributed by atoms with Crippen molar-refractivity contribution in [3.05, 3.63) is 10.0 Å². The summed E-state index contributed by atoms with van der Waals surface area (Å²) >= 11 is 7.59. The van der Waals surface area contributed by atoms with Crippen molar-refractivity contribution >= 4 is 34.0 Å². The third kappa shape index (κ3) is 2.78. The summed E-state index contributed by atoms with van der Waals surface area (Å²) in [4.78, 5) is 18.2. The summed E-state index contributed by atoms with van der Waals surface area (Å²) in [5, 5.41) is 10.4. The second-order valence-electron chi connectivity index (χ2n) is 6.46. The molecule has 0 unspecified atom stereocenters. The number of nitriles is 1. The molecule has 8 heteroatoms. The molecule has 120 valence electrons. The van der Waals surface area contributed by atoms with Gasteiger partial charge in [0.15, 0.2) is 6.19 Å². The van der Waals surface area contributed by atoms with Gasteiger partial charge in [-0.05, 0) is 5.41 Å². The summed E-state index contributed by atoms with van der Waals surface area (Å²) in [7, 11) is 1.45. The number of primary amides is 1. The van der Waals surface area contributed by atoms with E-state index in [-0.39, 0.29) is 11.5 Å². The summed E-state index contributed by atoms with van der Waals surface area (Å²) in [6.45, 7) is 6.12. The molecule has 0 bridgehead atoms. The van der Waals surface area contributed by atoms with Crippen molar-refractivity contribution in [2.75, 3.05) is 12.0 Å². The van der Waals surface area contributed by atoms with Crippen molar-refractivity contribution < 1.29 is 9.53 Å². The SMILES string of the molecule is COC1(C(N)=O)CC(N(C#N)c2nc(Cl)c(C(C)(C)C)s2)C1. The minimum Gasteiger partial charge on any atom is -0.368 e. The molecule has 2 N–H and O–H groups in total. The van der Waals surface area contributed by atoms with Gasteiger partial charge in [-0.15, -0.1) is 0 Å². The topological polar surface area (TPSA) is 92.2 Å². The Kier molecular flexibility index (Phi) is 4.39. The molecular formula is C14H19ClN4O2S. The first-order valence-corrected chi connectivity index (χ1v) is 8.05. The average molecular weight is 343 g/mol. The predicted molar refractivity (Wildman–Crippen MR) is 85.9 cm³/mol. The van der Waals surface area contributed by atoms with Crippen LogP contribution in [0.3, 0.4) is 0 Å². The zero-order valence-electron chi connectivity index (χ0n) is 13.0. The number of aromatic nitrogens is 1. The Labute approximate surface area is 138 Å². The molecule has 1 aliphatic rings. The number of amides is 1. The number of nitrogens with two attached hydrogens (primary N) is 1. The smallest absolute Gasteiger partial charge is 0.249 e. The van der Waals surface area contributed by atoms with Crippen LogP contribution in [-0.2, 0) is 14.9 Å². The Morgan fingerprint density at radius 1 is 1.59 bits per heavy atom. The quantitative estimate of drug-likeness (QED) is 0.670. The van der Waals surface area contributed by atoms with Gasteiger partial charge in [0.1, 0.15) is 10.8 Å². The highest BCUT2D eigenvalue weighted by molar-refractivity contribution is 7.16. The molecule has 0 saturated heterocycles. The molecule has 22 heavy (non-hydrogen) atoms. The van der Waals surface area contributed by atoms with Crippen molar-refractivity contribution in [1.82, 2.24) is 4.98 Å². The molecule has 6 nitrogen and oxygen atoms in total. The van der Waals surface area contributed by atoms with E-state index in [1.165, 1.54) is 23.3 Å². The van der Waals surface area contributed by atoms with E-state index in [4.69, 9.17) is 22.1 Å². The molecule has 0 aliphatic heterocycles. The fraction of sp³-hybridized carbons (Fsp3) is 0.643. The Balaban J connectivity index is 2.22. The van der Waals surface area contributed by atoms with Crippen LogP contribution < -0.4 is 10.6 Å². The Morgan fingerprint density at radius 3 is 2.55 bits per heavy atom. The van der Waals surface area contributed by atoms with Gasteiger partial charge < -0.3 is 10.5 Å².